The SMILES string of the molecule is C=C(C)COCC(COC(=O)C(=C)C)Cc1ccc(-c2ccc(OC(=O)C(=C)C)cc2)cc1. The van der Waals surface area contributed by atoms with Crippen LogP contribution in [0.4, 0.5) is 0 Å². The van der Waals surface area contributed by atoms with E-state index in [1.165, 1.54) is 0 Å². The van der Waals surface area contributed by atoms with Crippen molar-refractivity contribution in [2.75, 3.05) is 19.8 Å². The van der Waals surface area contributed by atoms with Gasteiger partial charge in [0.15, 0.2) is 0 Å². The molecule has 2 rings (SSSR count). The zero-order valence-electron chi connectivity index (χ0n) is 19.7. The Morgan fingerprint density at radius 1 is 0.788 bits per heavy atom. The first-order chi connectivity index (χ1) is 15.7. The van der Waals surface area contributed by atoms with Gasteiger partial charge in [-0.25, -0.2) is 9.59 Å². The van der Waals surface area contributed by atoms with Gasteiger partial charge < -0.3 is 14.2 Å². The summed E-state index contributed by atoms with van der Waals surface area (Å²) in [6.45, 7) is 17.4. The minimum atomic E-state index is -0.442. The molecule has 0 N–H and O–H groups in total. The number of benzene rings is 2. The maximum absolute atomic E-state index is 11.8. The van der Waals surface area contributed by atoms with Crippen molar-refractivity contribution in [3.8, 4) is 16.9 Å². The van der Waals surface area contributed by atoms with E-state index in [-0.39, 0.29) is 12.5 Å². The van der Waals surface area contributed by atoms with Gasteiger partial charge in [0.05, 0.1) is 19.8 Å². The normalized spacial score (nSPS) is 11.4. The van der Waals surface area contributed by atoms with Crippen molar-refractivity contribution in [3.05, 3.63) is 90.6 Å². The second-order valence-electron chi connectivity index (χ2n) is 8.31. The van der Waals surface area contributed by atoms with Crippen LogP contribution in [0.15, 0.2) is 85.0 Å². The van der Waals surface area contributed by atoms with Crippen LogP contribution in [0.3, 0.4) is 0 Å². The minimum absolute atomic E-state index is 0.0146. The Hall–Kier alpha value is -3.44. The number of hydrogen-bond donors (Lipinski definition) is 0. The molecule has 0 saturated heterocycles. The first-order valence-electron chi connectivity index (χ1n) is 10.8. The quantitative estimate of drug-likeness (QED) is 0.180. The van der Waals surface area contributed by atoms with Crippen molar-refractivity contribution in [1.82, 2.24) is 0 Å². The Bertz CT molecular complexity index is 1000. The fraction of sp³-hybridized carbons (Fsp3) is 0.286. The smallest absolute Gasteiger partial charge is 0.338 e. The topological polar surface area (TPSA) is 61.8 Å². The van der Waals surface area contributed by atoms with E-state index in [2.05, 4.69) is 31.9 Å². The van der Waals surface area contributed by atoms with Gasteiger partial charge in [0.25, 0.3) is 0 Å². The van der Waals surface area contributed by atoms with Crippen LogP contribution in [0.1, 0.15) is 26.3 Å². The van der Waals surface area contributed by atoms with E-state index >= 15 is 0 Å². The van der Waals surface area contributed by atoms with Gasteiger partial charge in [-0.3, -0.25) is 0 Å². The number of carbonyl (C=O) groups excluding carboxylic acids is 2. The molecule has 174 valence electrons. The van der Waals surface area contributed by atoms with Crippen LogP contribution in [0, 0.1) is 5.92 Å². The zero-order valence-corrected chi connectivity index (χ0v) is 19.7. The summed E-state index contributed by atoms with van der Waals surface area (Å²) in [5, 5.41) is 0. The fourth-order valence-electron chi connectivity index (χ4n) is 2.96. The molecule has 0 radical (unpaired) electrons. The van der Waals surface area contributed by atoms with Gasteiger partial charge in [-0.1, -0.05) is 61.7 Å². The van der Waals surface area contributed by atoms with Gasteiger partial charge in [-0.15, -0.1) is 0 Å². The molecule has 0 spiro atoms. The van der Waals surface area contributed by atoms with Crippen LogP contribution in [0.2, 0.25) is 0 Å². The lowest BCUT2D eigenvalue weighted by Gasteiger charge is -2.18. The third-order valence-electron chi connectivity index (χ3n) is 4.73. The highest BCUT2D eigenvalue weighted by atomic mass is 16.5. The van der Waals surface area contributed by atoms with E-state index in [1.807, 2.05) is 31.2 Å². The standard InChI is InChI=1S/C28H32O5/c1-19(2)16-31-17-23(18-32-27(29)20(3)4)15-22-7-9-24(10-8-22)25-11-13-26(14-12-25)33-28(30)21(5)6/h7-14,23H,1,3,5,15-18H2,2,4,6H3. The predicted molar refractivity (Wildman–Crippen MR) is 131 cm³/mol. The van der Waals surface area contributed by atoms with Gasteiger partial charge in [-0.2, -0.15) is 0 Å². The van der Waals surface area contributed by atoms with Gasteiger partial charge in [0, 0.05) is 17.1 Å². The van der Waals surface area contributed by atoms with E-state index in [1.54, 1.807) is 26.0 Å². The molecule has 5 heteroatoms. The summed E-state index contributed by atoms with van der Waals surface area (Å²) in [5.74, 6) is -0.346. The summed E-state index contributed by atoms with van der Waals surface area (Å²) < 4.78 is 16.3. The second-order valence-corrected chi connectivity index (χ2v) is 8.31. The van der Waals surface area contributed by atoms with Crippen LogP contribution in [-0.2, 0) is 25.5 Å². The molecule has 0 aliphatic heterocycles. The van der Waals surface area contributed by atoms with E-state index in [0.717, 1.165) is 22.3 Å². The van der Waals surface area contributed by atoms with Crippen molar-refractivity contribution >= 4 is 11.9 Å². The highest BCUT2D eigenvalue weighted by Crippen LogP contribution is 2.24. The van der Waals surface area contributed by atoms with E-state index < -0.39 is 11.9 Å². The third-order valence-corrected chi connectivity index (χ3v) is 4.73. The molecule has 1 unspecified atom stereocenters. The largest absolute Gasteiger partial charge is 0.462 e. The van der Waals surface area contributed by atoms with Crippen LogP contribution >= 0.6 is 0 Å². The van der Waals surface area contributed by atoms with E-state index in [0.29, 0.717) is 36.5 Å². The van der Waals surface area contributed by atoms with E-state index in [9.17, 15) is 9.59 Å². The molecule has 0 fully saturated rings. The molecule has 0 heterocycles. The van der Waals surface area contributed by atoms with Crippen molar-refractivity contribution < 1.29 is 23.8 Å². The first-order valence-corrected chi connectivity index (χ1v) is 10.8. The van der Waals surface area contributed by atoms with Crippen LogP contribution in [-0.4, -0.2) is 31.8 Å². The Morgan fingerprint density at radius 2 is 1.33 bits per heavy atom. The van der Waals surface area contributed by atoms with Gasteiger partial charge in [0.2, 0.25) is 0 Å². The van der Waals surface area contributed by atoms with Gasteiger partial charge >= 0.3 is 11.9 Å². The summed E-state index contributed by atoms with van der Waals surface area (Å²) in [7, 11) is 0. The van der Waals surface area contributed by atoms with Crippen molar-refractivity contribution in [3.63, 3.8) is 0 Å². The fourth-order valence-corrected chi connectivity index (χ4v) is 2.96. The number of hydrogen-bond acceptors (Lipinski definition) is 5. The average Bonchev–Trinajstić information content (AvgIpc) is 2.77. The zero-order chi connectivity index (χ0) is 24.4. The summed E-state index contributed by atoms with van der Waals surface area (Å²) in [6.07, 6.45) is 0.704. The molecule has 2 aromatic carbocycles. The number of esters is 2. The molecule has 5 nitrogen and oxygen atoms in total. The Morgan fingerprint density at radius 3 is 1.85 bits per heavy atom. The molecule has 0 aliphatic rings. The lowest BCUT2D eigenvalue weighted by molar-refractivity contribution is -0.140. The monoisotopic (exact) mass is 448 g/mol. The van der Waals surface area contributed by atoms with Crippen molar-refractivity contribution in [1.29, 1.82) is 0 Å². The predicted octanol–water partition coefficient (Wildman–Crippen LogP) is 5.71. The van der Waals surface area contributed by atoms with Crippen molar-refractivity contribution in [2.45, 2.75) is 27.2 Å². The summed E-state index contributed by atoms with van der Waals surface area (Å²) in [4.78, 5) is 23.4. The molecule has 0 bridgehead atoms. The maximum Gasteiger partial charge on any atom is 0.338 e. The minimum Gasteiger partial charge on any atom is -0.462 e. The first kappa shape index (κ1) is 25.8. The van der Waals surface area contributed by atoms with Crippen LogP contribution < -0.4 is 4.74 Å². The van der Waals surface area contributed by atoms with Crippen LogP contribution in [0.5, 0.6) is 5.75 Å². The molecular formula is C28H32O5. The highest BCUT2D eigenvalue weighted by molar-refractivity contribution is 5.88. The van der Waals surface area contributed by atoms with E-state index in [4.69, 9.17) is 14.2 Å². The molecule has 1 atom stereocenters. The summed E-state index contributed by atoms with van der Waals surface area (Å²) in [6, 6.07) is 15.5. The number of rotatable bonds is 12. The molecule has 0 aromatic heterocycles. The highest BCUT2D eigenvalue weighted by Gasteiger charge is 2.14. The molecule has 2 aromatic rings. The Balaban J connectivity index is 2.03. The molecular weight excluding hydrogens is 416 g/mol. The molecule has 0 saturated carbocycles. The summed E-state index contributed by atoms with van der Waals surface area (Å²) in [5.41, 5.74) is 4.83. The third kappa shape index (κ3) is 8.91. The molecule has 33 heavy (non-hydrogen) atoms. The lowest BCUT2D eigenvalue weighted by atomic mass is 9.98. The second kappa shape index (κ2) is 12.6. The molecule has 0 amide bonds. The maximum atomic E-state index is 11.8. The van der Waals surface area contributed by atoms with Gasteiger partial charge in [-0.05, 0) is 56.0 Å². The lowest BCUT2D eigenvalue weighted by Crippen LogP contribution is -2.21. The van der Waals surface area contributed by atoms with Crippen LogP contribution in [0.25, 0.3) is 11.1 Å². The average molecular weight is 449 g/mol. The molecule has 0 aliphatic carbocycles. The van der Waals surface area contributed by atoms with Crippen molar-refractivity contribution in [2.24, 2.45) is 5.92 Å². The Labute approximate surface area is 196 Å². The Kier molecular flexibility index (Phi) is 9.83. The number of carbonyl (C=O) groups is 2. The number of ether oxygens (including phenoxy) is 3. The van der Waals surface area contributed by atoms with Gasteiger partial charge in [0.1, 0.15) is 5.75 Å². The summed E-state index contributed by atoms with van der Waals surface area (Å²) >= 11 is 0.